The Kier molecular flexibility index (Phi) is 6.54. The molecule has 2 amide bonds. The van der Waals surface area contributed by atoms with Gasteiger partial charge in [0, 0.05) is 36.3 Å². The summed E-state index contributed by atoms with van der Waals surface area (Å²) in [6.45, 7) is 11.5. The number of Topliss-reactive ketones (excluding diaryl/α,β-unsaturated/α-hetero) is 1. The van der Waals surface area contributed by atoms with E-state index in [1.165, 1.54) is 12.8 Å². The molecule has 212 valence electrons. The average molecular weight is 529 g/mol. The summed E-state index contributed by atoms with van der Waals surface area (Å²) in [5.74, 6) is 0.543. The van der Waals surface area contributed by atoms with E-state index in [-0.39, 0.29) is 40.8 Å². The number of nitrogens with zero attached hydrogens (tertiary/aromatic N) is 1. The third-order valence-electron chi connectivity index (χ3n) is 13.3. The van der Waals surface area contributed by atoms with E-state index in [1.807, 2.05) is 0 Å². The zero-order valence-corrected chi connectivity index (χ0v) is 23.8. The minimum Gasteiger partial charge on any atom is -0.445 e. The number of carbonyl (C=O) groups excluding carboxylic acids is 3. The van der Waals surface area contributed by atoms with Crippen molar-refractivity contribution in [2.45, 2.75) is 104 Å². The van der Waals surface area contributed by atoms with E-state index < -0.39 is 29.1 Å². The Balaban J connectivity index is 1.34. The van der Waals surface area contributed by atoms with Gasteiger partial charge in [-0.2, -0.15) is 0 Å². The lowest BCUT2D eigenvalue weighted by atomic mass is 9.43. The highest BCUT2D eigenvalue weighted by Crippen LogP contribution is 2.69. The van der Waals surface area contributed by atoms with E-state index in [2.05, 4.69) is 37.9 Å². The van der Waals surface area contributed by atoms with E-state index >= 15 is 0 Å². The average Bonchev–Trinajstić information content (AvgIpc) is 3.69. The van der Waals surface area contributed by atoms with Crippen molar-refractivity contribution in [3.05, 3.63) is 0 Å². The maximum absolute atomic E-state index is 13.7. The van der Waals surface area contributed by atoms with Gasteiger partial charge in [0.25, 0.3) is 0 Å². The zero-order valence-electron chi connectivity index (χ0n) is 23.8. The normalized spacial score (nSPS) is 50.4. The van der Waals surface area contributed by atoms with Crippen molar-refractivity contribution in [3.8, 4) is 0 Å². The number of carbonyl (C=O) groups is 3. The first-order valence-electron chi connectivity index (χ1n) is 15.5. The van der Waals surface area contributed by atoms with Crippen LogP contribution < -0.4 is 5.32 Å². The number of hydrogen-bond acceptors (Lipinski definition) is 6. The number of aliphatic hydroxyl groups is 1. The van der Waals surface area contributed by atoms with Gasteiger partial charge in [-0.1, -0.05) is 40.5 Å². The molecule has 6 rings (SSSR count). The number of aliphatic hydroxyl groups excluding tert-OH is 1. The van der Waals surface area contributed by atoms with Crippen LogP contribution in [0, 0.1) is 51.8 Å². The van der Waals surface area contributed by atoms with E-state index in [9.17, 15) is 19.5 Å². The molecule has 6 fully saturated rings. The van der Waals surface area contributed by atoms with Crippen molar-refractivity contribution in [3.63, 3.8) is 0 Å². The molecule has 3 unspecified atom stereocenters. The fraction of sp³-hybridized carbons (Fsp3) is 0.903. The van der Waals surface area contributed by atoms with E-state index in [1.54, 1.807) is 0 Å². The lowest BCUT2D eigenvalue weighted by molar-refractivity contribution is -0.206. The van der Waals surface area contributed by atoms with Gasteiger partial charge in [-0.3, -0.25) is 14.9 Å². The van der Waals surface area contributed by atoms with Crippen molar-refractivity contribution in [1.29, 1.82) is 0 Å². The molecule has 7 heteroatoms. The molecular weight excluding hydrogens is 480 g/mol. The number of hydrogen-bond donors (Lipinski definition) is 2. The van der Waals surface area contributed by atoms with Gasteiger partial charge in [-0.25, -0.2) is 4.79 Å². The maximum Gasteiger partial charge on any atom is 0.414 e. The molecule has 0 spiro atoms. The Bertz CT molecular complexity index is 995. The van der Waals surface area contributed by atoms with E-state index in [4.69, 9.17) is 4.74 Å². The summed E-state index contributed by atoms with van der Waals surface area (Å²) in [7, 11) is 0. The highest BCUT2D eigenvalue weighted by atomic mass is 16.6. The van der Waals surface area contributed by atoms with Gasteiger partial charge in [0.2, 0.25) is 5.91 Å². The molecule has 0 aromatic heterocycles. The molecule has 2 N–H and O–H groups in total. The second-order valence-corrected chi connectivity index (χ2v) is 14.7. The summed E-state index contributed by atoms with van der Waals surface area (Å²) in [6.07, 6.45) is 7.52. The first kappa shape index (κ1) is 26.7. The van der Waals surface area contributed by atoms with Gasteiger partial charge in [-0.05, 0) is 80.6 Å². The summed E-state index contributed by atoms with van der Waals surface area (Å²) >= 11 is 0. The largest absolute Gasteiger partial charge is 0.445 e. The fourth-order valence-electron chi connectivity index (χ4n) is 10.7. The standard InChI is InChI=1S/C31H48N2O5/c1-18-9-12-31-13-10-23(34)25(31)30(18,4)24(15-29(3,26(35)19(31)2)21-7-5-6-8-21)38-28(37)32-27(36)22-17-33-14-11-20(22)16-33/h18-22,24-26,35H,5-17H2,1-4H3,(H,32,36,37)/t18-,19+,20+,22+,24-,25?,26+,29+,30+,31?/m1/s1. The molecule has 7 nitrogen and oxygen atoms in total. The molecule has 6 aliphatic rings. The van der Waals surface area contributed by atoms with Crippen LogP contribution in [-0.2, 0) is 14.3 Å². The summed E-state index contributed by atoms with van der Waals surface area (Å²) in [4.78, 5) is 42.5. The fourth-order valence-corrected chi connectivity index (χ4v) is 10.7. The molecule has 4 bridgehead atoms. The van der Waals surface area contributed by atoms with Crippen LogP contribution >= 0.6 is 0 Å². The Morgan fingerprint density at radius 3 is 2.45 bits per heavy atom. The topological polar surface area (TPSA) is 95.9 Å². The monoisotopic (exact) mass is 528 g/mol. The van der Waals surface area contributed by atoms with Crippen molar-refractivity contribution in [1.82, 2.24) is 10.2 Å². The SMILES string of the molecule is C[C@@H]1CCC23CCC(=O)C2[C@]1(C)[C@H](OC(=O)NC(=O)[C@H]1CN2CC[C@H]1C2)C[C@@](C)(C1CCCC1)[C@@H](O)[C@@H]3C. The molecule has 2 saturated heterocycles. The maximum atomic E-state index is 13.7. The second kappa shape index (κ2) is 9.29. The summed E-state index contributed by atoms with van der Waals surface area (Å²) in [5.41, 5.74) is -1.20. The van der Waals surface area contributed by atoms with Gasteiger partial charge >= 0.3 is 6.09 Å². The predicted octanol–water partition coefficient (Wildman–Crippen LogP) is 4.56. The zero-order chi connectivity index (χ0) is 27.0. The highest BCUT2D eigenvalue weighted by molar-refractivity contribution is 5.93. The number of fused-ring (bicyclic) bond motifs is 2. The smallest absolute Gasteiger partial charge is 0.414 e. The molecule has 38 heavy (non-hydrogen) atoms. The van der Waals surface area contributed by atoms with Crippen molar-refractivity contribution in [2.75, 3.05) is 19.6 Å². The van der Waals surface area contributed by atoms with Gasteiger partial charge in [0.1, 0.15) is 11.9 Å². The molecule has 2 heterocycles. The molecule has 0 radical (unpaired) electrons. The molecule has 4 saturated carbocycles. The highest BCUT2D eigenvalue weighted by Gasteiger charge is 2.69. The number of alkyl carbamates (subject to hydrolysis) is 1. The lowest BCUT2D eigenvalue weighted by Crippen LogP contribution is -2.64. The van der Waals surface area contributed by atoms with Crippen LogP contribution in [0.5, 0.6) is 0 Å². The Hall–Kier alpha value is -1.47. The number of ketones is 1. The summed E-state index contributed by atoms with van der Waals surface area (Å²) < 4.78 is 6.34. The molecule has 0 aromatic carbocycles. The Labute approximate surface area is 227 Å². The van der Waals surface area contributed by atoms with Crippen LogP contribution in [0.1, 0.15) is 91.9 Å². The summed E-state index contributed by atoms with van der Waals surface area (Å²) in [6, 6.07) is 0. The number of rotatable bonds is 3. The van der Waals surface area contributed by atoms with Crippen molar-refractivity contribution < 1.29 is 24.2 Å². The molecular formula is C31H48N2O5. The number of amides is 2. The third kappa shape index (κ3) is 3.77. The van der Waals surface area contributed by atoms with Crippen LogP contribution in [-0.4, -0.2) is 59.6 Å². The first-order valence-corrected chi connectivity index (χ1v) is 15.5. The van der Waals surface area contributed by atoms with Gasteiger partial charge in [0.05, 0.1) is 12.0 Å². The van der Waals surface area contributed by atoms with Crippen LogP contribution in [0.4, 0.5) is 4.79 Å². The van der Waals surface area contributed by atoms with Gasteiger partial charge < -0.3 is 14.7 Å². The van der Waals surface area contributed by atoms with Gasteiger partial charge in [-0.15, -0.1) is 0 Å². The first-order chi connectivity index (χ1) is 18.0. The van der Waals surface area contributed by atoms with E-state index in [0.717, 1.165) is 51.6 Å². The van der Waals surface area contributed by atoms with Gasteiger partial charge in [0.15, 0.2) is 0 Å². The second-order valence-electron chi connectivity index (χ2n) is 14.7. The van der Waals surface area contributed by atoms with Crippen molar-refractivity contribution >= 4 is 17.8 Å². The molecule has 4 aliphatic carbocycles. The van der Waals surface area contributed by atoms with Crippen LogP contribution in [0.2, 0.25) is 0 Å². The quantitative estimate of drug-likeness (QED) is 0.558. The van der Waals surface area contributed by atoms with Crippen LogP contribution in [0.3, 0.4) is 0 Å². The molecule has 11 atom stereocenters. The molecule has 2 aliphatic heterocycles. The molecule has 0 aromatic rings. The minimum absolute atomic E-state index is 0.0144. The Morgan fingerprint density at radius 1 is 1.05 bits per heavy atom. The Morgan fingerprint density at radius 2 is 1.79 bits per heavy atom. The summed E-state index contributed by atoms with van der Waals surface area (Å²) in [5, 5.41) is 14.7. The van der Waals surface area contributed by atoms with Crippen LogP contribution in [0.25, 0.3) is 0 Å². The lowest BCUT2D eigenvalue weighted by Gasteiger charge is -2.62. The number of imide groups is 1. The number of piperidine rings is 1. The number of nitrogens with one attached hydrogen (secondary N) is 1. The number of ether oxygens (including phenoxy) is 1. The van der Waals surface area contributed by atoms with E-state index in [0.29, 0.717) is 31.2 Å². The minimum atomic E-state index is -0.676. The van der Waals surface area contributed by atoms with Crippen molar-refractivity contribution in [2.24, 2.45) is 51.8 Å². The predicted molar refractivity (Wildman–Crippen MR) is 143 cm³/mol. The third-order valence-corrected chi connectivity index (χ3v) is 13.3. The van der Waals surface area contributed by atoms with Crippen LogP contribution in [0.15, 0.2) is 0 Å².